The lowest BCUT2D eigenvalue weighted by Crippen LogP contribution is -2.49. The summed E-state index contributed by atoms with van der Waals surface area (Å²) in [5.41, 5.74) is 3.47. The minimum atomic E-state index is -0.528. The molecule has 1 atom stereocenters. The highest BCUT2D eigenvalue weighted by atomic mass is 19.1. The van der Waals surface area contributed by atoms with Gasteiger partial charge < -0.3 is 14.7 Å². The van der Waals surface area contributed by atoms with Crippen LogP contribution < -0.4 is 4.90 Å². The number of piperazine rings is 1. The van der Waals surface area contributed by atoms with E-state index in [2.05, 4.69) is 34.1 Å². The van der Waals surface area contributed by atoms with Crippen LogP contribution in [-0.4, -0.2) is 62.0 Å². The molecule has 0 saturated carbocycles. The quantitative estimate of drug-likeness (QED) is 0.549. The van der Waals surface area contributed by atoms with E-state index in [0.717, 1.165) is 31.9 Å². The largest absolute Gasteiger partial charge is 0.389 e. The van der Waals surface area contributed by atoms with E-state index in [9.17, 15) is 9.50 Å². The van der Waals surface area contributed by atoms with Crippen LogP contribution in [0.3, 0.4) is 0 Å². The van der Waals surface area contributed by atoms with Crippen LogP contribution in [0.1, 0.15) is 17.0 Å². The molecule has 1 saturated heterocycles. The highest BCUT2D eigenvalue weighted by molar-refractivity contribution is 5.46. The van der Waals surface area contributed by atoms with Gasteiger partial charge in [0.15, 0.2) is 0 Å². The van der Waals surface area contributed by atoms with E-state index >= 15 is 0 Å². The summed E-state index contributed by atoms with van der Waals surface area (Å²) in [6.07, 6.45) is -0.528. The van der Waals surface area contributed by atoms with Crippen LogP contribution in [0.15, 0.2) is 84.9 Å². The molecule has 0 radical (unpaired) electrons. The van der Waals surface area contributed by atoms with Crippen molar-refractivity contribution in [3.05, 3.63) is 102 Å². The monoisotopic (exact) mass is 434 g/mol. The first-order valence-electron chi connectivity index (χ1n) is 11.3. The van der Waals surface area contributed by atoms with Gasteiger partial charge >= 0.3 is 0 Å². The van der Waals surface area contributed by atoms with Crippen LogP contribution in [0.25, 0.3) is 0 Å². The Kier molecular flexibility index (Phi) is 7.88. The van der Waals surface area contributed by atoms with Gasteiger partial charge in [-0.3, -0.25) is 4.90 Å². The molecule has 4 rings (SSSR count). The molecule has 1 N–H and O–H groups in total. The average Bonchev–Trinajstić information content (AvgIpc) is 2.84. The fraction of sp³-hybridized carbons (Fsp3) is 0.333. The average molecular weight is 435 g/mol. The summed E-state index contributed by atoms with van der Waals surface area (Å²) < 4.78 is 19.1. The molecule has 0 aliphatic carbocycles. The summed E-state index contributed by atoms with van der Waals surface area (Å²) >= 11 is 0. The molecule has 3 aromatic rings. The highest BCUT2D eigenvalue weighted by Gasteiger charge is 2.20. The predicted octanol–water partition coefficient (Wildman–Crippen LogP) is 4.16. The molecule has 0 aromatic heterocycles. The van der Waals surface area contributed by atoms with Crippen LogP contribution >= 0.6 is 0 Å². The van der Waals surface area contributed by atoms with E-state index in [0.29, 0.717) is 19.8 Å². The van der Waals surface area contributed by atoms with Crippen LogP contribution in [0.2, 0.25) is 0 Å². The van der Waals surface area contributed by atoms with Crippen molar-refractivity contribution in [1.29, 1.82) is 0 Å². The number of aliphatic hydroxyl groups excluding tert-OH is 1. The second kappa shape index (κ2) is 11.2. The number of ether oxygens (including phenoxy) is 1. The Morgan fingerprint density at radius 1 is 0.750 bits per heavy atom. The second-order valence-corrected chi connectivity index (χ2v) is 8.33. The van der Waals surface area contributed by atoms with Gasteiger partial charge in [-0.05, 0) is 35.4 Å². The van der Waals surface area contributed by atoms with Gasteiger partial charge in [-0.15, -0.1) is 0 Å². The van der Waals surface area contributed by atoms with E-state index < -0.39 is 6.10 Å². The first kappa shape index (κ1) is 22.5. The lowest BCUT2D eigenvalue weighted by atomic mass is 9.92. The molecule has 0 bridgehead atoms. The number of aliphatic hydroxyl groups is 1. The molecule has 1 aliphatic heterocycles. The molecule has 0 amide bonds. The molecule has 0 spiro atoms. The minimum absolute atomic E-state index is 0.142. The first-order valence-corrected chi connectivity index (χ1v) is 11.3. The van der Waals surface area contributed by atoms with Crippen molar-refractivity contribution >= 4 is 5.69 Å². The van der Waals surface area contributed by atoms with Crippen molar-refractivity contribution in [2.45, 2.75) is 12.0 Å². The molecule has 1 heterocycles. The summed E-state index contributed by atoms with van der Waals surface area (Å²) in [7, 11) is 0. The molecule has 5 heteroatoms. The van der Waals surface area contributed by atoms with Crippen molar-refractivity contribution in [3.63, 3.8) is 0 Å². The van der Waals surface area contributed by atoms with Crippen LogP contribution in [0.5, 0.6) is 0 Å². The number of rotatable bonds is 9. The van der Waals surface area contributed by atoms with E-state index in [1.165, 1.54) is 23.3 Å². The van der Waals surface area contributed by atoms with Crippen molar-refractivity contribution in [3.8, 4) is 0 Å². The molecule has 0 unspecified atom stereocenters. The third-order valence-electron chi connectivity index (χ3n) is 6.03. The summed E-state index contributed by atoms with van der Waals surface area (Å²) in [6, 6.07) is 27.4. The molecular formula is C27H31FN2O2. The van der Waals surface area contributed by atoms with E-state index in [-0.39, 0.29) is 11.7 Å². The van der Waals surface area contributed by atoms with Crippen molar-refractivity contribution in [2.24, 2.45) is 0 Å². The van der Waals surface area contributed by atoms with E-state index in [1.807, 2.05) is 48.5 Å². The lowest BCUT2D eigenvalue weighted by molar-refractivity contribution is 0.0136. The van der Waals surface area contributed by atoms with Gasteiger partial charge in [-0.2, -0.15) is 0 Å². The van der Waals surface area contributed by atoms with Gasteiger partial charge in [0, 0.05) is 44.3 Å². The number of anilines is 1. The summed E-state index contributed by atoms with van der Waals surface area (Å²) in [5, 5.41) is 10.5. The Hall–Kier alpha value is -2.73. The number of hydrogen-bond acceptors (Lipinski definition) is 4. The first-order chi connectivity index (χ1) is 15.7. The maximum Gasteiger partial charge on any atom is 0.123 e. The number of halogens is 1. The molecule has 3 aromatic carbocycles. The smallest absolute Gasteiger partial charge is 0.123 e. The zero-order chi connectivity index (χ0) is 22.2. The second-order valence-electron chi connectivity index (χ2n) is 8.33. The SMILES string of the molecule is O[C@H](COCC(c1ccccc1)c1ccccc1)CN1CCN(c2ccc(F)cc2)CC1. The Morgan fingerprint density at radius 3 is 1.88 bits per heavy atom. The zero-order valence-corrected chi connectivity index (χ0v) is 18.3. The number of nitrogens with zero attached hydrogens (tertiary/aromatic N) is 2. The number of benzene rings is 3. The molecule has 168 valence electrons. The van der Waals surface area contributed by atoms with Crippen LogP contribution in [-0.2, 0) is 4.74 Å². The third kappa shape index (κ3) is 6.16. The normalized spacial score (nSPS) is 15.8. The number of hydrogen-bond donors (Lipinski definition) is 1. The Morgan fingerprint density at radius 2 is 1.31 bits per heavy atom. The molecule has 1 aliphatic rings. The maximum atomic E-state index is 13.1. The molecule has 4 nitrogen and oxygen atoms in total. The van der Waals surface area contributed by atoms with Gasteiger partial charge in [0.1, 0.15) is 5.82 Å². The Balaban J connectivity index is 1.24. The van der Waals surface area contributed by atoms with Crippen molar-refractivity contribution in [1.82, 2.24) is 4.90 Å². The summed E-state index contributed by atoms with van der Waals surface area (Å²) in [6.45, 7) is 4.90. The molecular weight excluding hydrogens is 403 g/mol. The van der Waals surface area contributed by atoms with Gasteiger partial charge in [0.25, 0.3) is 0 Å². The molecule has 1 fully saturated rings. The summed E-state index contributed by atoms with van der Waals surface area (Å²) in [5.74, 6) is -0.0684. The highest BCUT2D eigenvalue weighted by Crippen LogP contribution is 2.25. The Labute approximate surface area is 189 Å². The van der Waals surface area contributed by atoms with E-state index in [4.69, 9.17) is 4.74 Å². The topological polar surface area (TPSA) is 35.9 Å². The van der Waals surface area contributed by atoms with Crippen molar-refractivity contribution in [2.75, 3.05) is 50.8 Å². The maximum absolute atomic E-state index is 13.1. The zero-order valence-electron chi connectivity index (χ0n) is 18.3. The summed E-state index contributed by atoms with van der Waals surface area (Å²) in [4.78, 5) is 4.52. The van der Waals surface area contributed by atoms with Crippen LogP contribution in [0, 0.1) is 5.82 Å². The van der Waals surface area contributed by atoms with Gasteiger partial charge in [0.05, 0.1) is 19.3 Å². The third-order valence-corrected chi connectivity index (χ3v) is 6.03. The van der Waals surface area contributed by atoms with E-state index in [1.54, 1.807) is 0 Å². The van der Waals surface area contributed by atoms with Crippen molar-refractivity contribution < 1.29 is 14.2 Å². The fourth-order valence-electron chi connectivity index (χ4n) is 4.27. The van der Waals surface area contributed by atoms with Gasteiger partial charge in [-0.1, -0.05) is 60.7 Å². The van der Waals surface area contributed by atoms with Crippen LogP contribution in [0.4, 0.5) is 10.1 Å². The molecule has 32 heavy (non-hydrogen) atoms. The standard InChI is InChI=1S/C27H31FN2O2/c28-24-11-13-25(14-12-24)30-17-15-29(16-18-30)19-26(31)20-32-21-27(22-7-3-1-4-8-22)23-9-5-2-6-10-23/h1-14,26-27,31H,15-21H2/t26-/m0/s1. The fourth-order valence-corrected chi connectivity index (χ4v) is 4.27. The Bertz CT molecular complexity index is 889. The lowest BCUT2D eigenvalue weighted by Gasteiger charge is -2.36. The van der Waals surface area contributed by atoms with Gasteiger partial charge in [0.2, 0.25) is 0 Å². The predicted molar refractivity (Wildman–Crippen MR) is 127 cm³/mol. The minimum Gasteiger partial charge on any atom is -0.389 e. The number of β-amino-alcohol motifs (C(OH)–C–C–N with tert-alkyl or cyclic N) is 1. The van der Waals surface area contributed by atoms with Gasteiger partial charge in [-0.25, -0.2) is 4.39 Å².